The molecule has 0 rings (SSSR count). The predicted octanol–water partition coefficient (Wildman–Crippen LogP) is 1.52. The first-order valence-electron chi connectivity index (χ1n) is 1.21. The van der Waals surface area contributed by atoms with Crippen LogP contribution in [0.15, 0.2) is 0 Å². The van der Waals surface area contributed by atoms with E-state index in [9.17, 15) is 0 Å². The molecule has 0 atom stereocenters. The summed E-state index contributed by atoms with van der Waals surface area (Å²) in [6, 6.07) is 0. The van der Waals surface area contributed by atoms with E-state index in [0.717, 1.165) is 0 Å². The highest BCUT2D eigenvalue weighted by Gasteiger charge is 1.52. The van der Waals surface area contributed by atoms with Gasteiger partial charge in [-0.3, -0.25) is 7.92 Å². The molecule has 0 spiro atoms. The second-order valence-corrected chi connectivity index (χ2v) is 3.24. The average molecular weight is 75.1 g/mol. The number of hydrogen-bond acceptors (Lipinski definition) is 0. The summed E-state index contributed by atoms with van der Waals surface area (Å²) in [4.78, 5) is 0. The molecule has 0 aromatic carbocycles. The van der Waals surface area contributed by atoms with Crippen molar-refractivity contribution in [2.24, 2.45) is 0 Å². The van der Waals surface area contributed by atoms with Gasteiger partial charge in [-0.05, 0) is 0 Å². The largest absolute Gasteiger partial charge is 0.317 e. The Kier molecular flexibility index (Phi) is 1.91. The van der Waals surface area contributed by atoms with Crippen LogP contribution in [-0.2, 0) is 0 Å². The summed E-state index contributed by atoms with van der Waals surface area (Å²) in [5.41, 5.74) is 0. The van der Waals surface area contributed by atoms with Crippen LogP contribution >= 0.6 is 7.92 Å². The Bertz CT molecular complexity index is 8.00. The van der Waals surface area contributed by atoms with Crippen molar-refractivity contribution in [2.45, 2.75) is 0 Å². The van der Waals surface area contributed by atoms with Gasteiger partial charge < -0.3 is 6.66 Å². The van der Waals surface area contributed by atoms with Crippen LogP contribution in [0.1, 0.15) is 0 Å². The zero-order valence-corrected chi connectivity index (χ0v) is 4.05. The molecule has 0 amide bonds. The topological polar surface area (TPSA) is 0 Å². The van der Waals surface area contributed by atoms with Gasteiger partial charge in [0.15, 0.2) is 0 Å². The maximum atomic E-state index is 3.70. The quantitative estimate of drug-likeness (QED) is 0.302. The molecule has 1 heteroatoms. The molecule has 0 radical (unpaired) electrons. The van der Waals surface area contributed by atoms with E-state index in [0.29, 0.717) is 0 Å². The van der Waals surface area contributed by atoms with Crippen molar-refractivity contribution in [3.8, 4) is 0 Å². The van der Waals surface area contributed by atoms with Gasteiger partial charge in [-0.1, -0.05) is 13.3 Å². The summed E-state index contributed by atoms with van der Waals surface area (Å²) in [6.07, 6.45) is 0. The molecule has 0 aromatic heterocycles. The van der Waals surface area contributed by atoms with Crippen molar-refractivity contribution in [3.05, 3.63) is 6.66 Å². The first kappa shape index (κ1) is 4.43. The standard InChI is InChI=1S/C3H8P/c1-4(2)3/h1H2,2-3H3/q-1. The summed E-state index contributed by atoms with van der Waals surface area (Å²) >= 11 is 0. The highest BCUT2D eigenvalue weighted by Crippen LogP contribution is 2.18. The van der Waals surface area contributed by atoms with Crippen LogP contribution in [0.5, 0.6) is 0 Å². The SMILES string of the molecule is [CH2-]P(C)C. The molecule has 0 fully saturated rings. The number of hydrogen-bond donors (Lipinski definition) is 0. The van der Waals surface area contributed by atoms with Crippen LogP contribution in [-0.4, -0.2) is 13.3 Å². The average Bonchev–Trinajstić information content (AvgIpc) is 0.811. The van der Waals surface area contributed by atoms with Crippen LogP contribution in [0.2, 0.25) is 0 Å². The maximum Gasteiger partial charge on any atom is -0.0731 e. The van der Waals surface area contributed by atoms with Gasteiger partial charge in [0.1, 0.15) is 0 Å². The lowest BCUT2D eigenvalue weighted by molar-refractivity contribution is 2.22. The van der Waals surface area contributed by atoms with E-state index >= 15 is 0 Å². The highest BCUT2D eigenvalue weighted by molar-refractivity contribution is 7.57. The summed E-state index contributed by atoms with van der Waals surface area (Å²) < 4.78 is 0. The Labute approximate surface area is 29.0 Å². The second-order valence-electron chi connectivity index (χ2n) is 1.08. The van der Waals surface area contributed by atoms with E-state index in [2.05, 4.69) is 20.0 Å². The smallest absolute Gasteiger partial charge is 0.0731 e. The Morgan fingerprint density at radius 1 is 1.50 bits per heavy atom. The van der Waals surface area contributed by atoms with E-state index in [1.54, 1.807) is 0 Å². The minimum Gasteiger partial charge on any atom is -0.317 e. The fraction of sp³-hybridized carbons (Fsp3) is 0.667. The van der Waals surface area contributed by atoms with E-state index in [-0.39, 0.29) is 7.92 Å². The summed E-state index contributed by atoms with van der Waals surface area (Å²) in [6.45, 7) is 7.94. The van der Waals surface area contributed by atoms with Crippen molar-refractivity contribution in [3.63, 3.8) is 0 Å². The van der Waals surface area contributed by atoms with Crippen molar-refractivity contribution in [1.29, 1.82) is 0 Å². The van der Waals surface area contributed by atoms with Crippen molar-refractivity contribution >= 4 is 7.92 Å². The van der Waals surface area contributed by atoms with E-state index in [4.69, 9.17) is 0 Å². The molecule has 4 heavy (non-hydrogen) atoms. The first-order chi connectivity index (χ1) is 1.73. The Balaban J connectivity index is 2.32. The van der Waals surface area contributed by atoms with Crippen molar-refractivity contribution in [2.75, 3.05) is 13.3 Å². The second kappa shape index (κ2) is 1.72. The Hall–Kier alpha value is 0.430. The first-order valence-corrected chi connectivity index (χ1v) is 3.63. The lowest BCUT2D eigenvalue weighted by Crippen LogP contribution is -1.43. The summed E-state index contributed by atoms with van der Waals surface area (Å²) in [7, 11) is 0.130. The fourth-order valence-corrected chi connectivity index (χ4v) is 0. The van der Waals surface area contributed by atoms with Gasteiger partial charge in [0, 0.05) is 0 Å². The van der Waals surface area contributed by atoms with E-state index in [1.807, 2.05) is 0 Å². The van der Waals surface area contributed by atoms with Crippen molar-refractivity contribution < 1.29 is 0 Å². The van der Waals surface area contributed by atoms with Crippen LogP contribution in [0.3, 0.4) is 0 Å². The van der Waals surface area contributed by atoms with Gasteiger partial charge in [0.05, 0.1) is 0 Å². The van der Waals surface area contributed by atoms with Crippen LogP contribution in [0, 0.1) is 6.66 Å². The molecule has 26 valence electrons. The molecule has 0 heterocycles. The Morgan fingerprint density at radius 3 is 1.50 bits per heavy atom. The molecule has 0 aliphatic heterocycles. The summed E-state index contributed by atoms with van der Waals surface area (Å²) in [5.74, 6) is 0. The van der Waals surface area contributed by atoms with Gasteiger partial charge in [0.25, 0.3) is 0 Å². The molecule has 0 aliphatic rings. The molecule has 0 saturated carbocycles. The monoisotopic (exact) mass is 75.0 g/mol. The molecule has 0 saturated heterocycles. The molecular formula is C3H8P-. The van der Waals surface area contributed by atoms with Gasteiger partial charge in [-0.25, -0.2) is 0 Å². The zero-order chi connectivity index (χ0) is 3.58. The summed E-state index contributed by atoms with van der Waals surface area (Å²) in [5, 5.41) is 0. The van der Waals surface area contributed by atoms with Crippen LogP contribution in [0.25, 0.3) is 0 Å². The third kappa shape index (κ3) is 26.9. The fourth-order valence-electron chi connectivity index (χ4n) is 0. The minimum atomic E-state index is 0.130. The van der Waals surface area contributed by atoms with Gasteiger partial charge in [-0.2, -0.15) is 0 Å². The molecule has 0 unspecified atom stereocenters. The zero-order valence-electron chi connectivity index (χ0n) is 3.15. The lowest BCUT2D eigenvalue weighted by atomic mass is 11.9. The minimum absolute atomic E-state index is 0.130. The van der Waals surface area contributed by atoms with Gasteiger partial charge >= 0.3 is 0 Å². The number of rotatable bonds is 0. The third-order valence-electron chi connectivity index (χ3n) is 0. The molecule has 0 aromatic rings. The van der Waals surface area contributed by atoms with Gasteiger partial charge in [0.2, 0.25) is 0 Å². The molecular weight excluding hydrogens is 67.0 g/mol. The lowest BCUT2D eigenvalue weighted by Gasteiger charge is -1.95. The molecule has 0 nitrogen and oxygen atoms in total. The third-order valence-corrected chi connectivity index (χ3v) is 0. The predicted molar refractivity (Wildman–Crippen MR) is 24.1 cm³/mol. The Morgan fingerprint density at radius 2 is 1.50 bits per heavy atom. The van der Waals surface area contributed by atoms with E-state index in [1.165, 1.54) is 0 Å². The highest BCUT2D eigenvalue weighted by atomic mass is 31.1. The normalized spacial score (nSPS) is 9.00. The van der Waals surface area contributed by atoms with Gasteiger partial charge in [-0.15, -0.1) is 0 Å². The molecule has 0 aliphatic carbocycles. The maximum absolute atomic E-state index is 3.70. The molecule has 0 bridgehead atoms. The molecule has 0 N–H and O–H groups in total. The van der Waals surface area contributed by atoms with Crippen molar-refractivity contribution in [1.82, 2.24) is 0 Å². The van der Waals surface area contributed by atoms with E-state index < -0.39 is 0 Å². The van der Waals surface area contributed by atoms with Crippen LogP contribution < -0.4 is 0 Å². The van der Waals surface area contributed by atoms with Crippen LogP contribution in [0.4, 0.5) is 0 Å².